The van der Waals surface area contributed by atoms with E-state index < -0.39 is 6.10 Å². The molecule has 0 aromatic carbocycles. The number of hydrogen-bond donors (Lipinski definition) is 0. The van der Waals surface area contributed by atoms with Gasteiger partial charge in [-0.25, -0.2) is 0 Å². The Labute approximate surface area is 346 Å². The van der Waals surface area contributed by atoms with E-state index in [1.54, 1.807) is 0 Å². The summed E-state index contributed by atoms with van der Waals surface area (Å²) in [6.45, 7) is 6.47. The summed E-state index contributed by atoms with van der Waals surface area (Å²) < 4.78 is 16.6. The van der Waals surface area contributed by atoms with Gasteiger partial charge in [0.2, 0.25) is 0 Å². The molecule has 0 aliphatic heterocycles. The largest absolute Gasteiger partial charge is 0.462 e. The van der Waals surface area contributed by atoms with Crippen LogP contribution in [0.2, 0.25) is 0 Å². The minimum Gasteiger partial charge on any atom is -0.462 e. The summed E-state index contributed by atoms with van der Waals surface area (Å²) >= 11 is 0. The molecule has 56 heavy (non-hydrogen) atoms. The van der Waals surface area contributed by atoms with Gasteiger partial charge in [0.15, 0.2) is 6.10 Å². The molecular weight excluding hydrogens is 697 g/mol. The van der Waals surface area contributed by atoms with Gasteiger partial charge < -0.3 is 14.2 Å². The van der Waals surface area contributed by atoms with Crippen LogP contribution >= 0.6 is 0 Å². The molecular formula is C50H88O6. The number of allylic oxidation sites excluding steroid dienone is 8. The van der Waals surface area contributed by atoms with Gasteiger partial charge in [-0.2, -0.15) is 0 Å². The minimum atomic E-state index is -0.776. The first-order valence-corrected chi connectivity index (χ1v) is 23.6. The molecule has 0 N–H and O–H groups in total. The molecule has 0 aromatic rings. The van der Waals surface area contributed by atoms with Crippen LogP contribution in [0.1, 0.15) is 233 Å². The van der Waals surface area contributed by atoms with Crippen molar-refractivity contribution < 1.29 is 28.6 Å². The summed E-state index contributed by atoms with van der Waals surface area (Å²) in [5, 5.41) is 0. The highest BCUT2D eigenvalue weighted by Gasteiger charge is 2.19. The topological polar surface area (TPSA) is 78.9 Å². The van der Waals surface area contributed by atoms with Crippen LogP contribution in [0.25, 0.3) is 0 Å². The first-order chi connectivity index (χ1) is 27.5. The number of carbonyl (C=O) groups excluding carboxylic acids is 3. The molecule has 0 fully saturated rings. The Morgan fingerprint density at radius 1 is 0.357 bits per heavy atom. The van der Waals surface area contributed by atoms with Crippen molar-refractivity contribution in [1.82, 2.24) is 0 Å². The highest BCUT2D eigenvalue weighted by molar-refractivity contribution is 5.71. The van der Waals surface area contributed by atoms with Crippen molar-refractivity contribution >= 4 is 17.9 Å². The zero-order valence-corrected chi connectivity index (χ0v) is 36.9. The molecule has 0 spiro atoms. The third-order valence-electron chi connectivity index (χ3n) is 10.0. The van der Waals surface area contributed by atoms with E-state index >= 15 is 0 Å². The fourth-order valence-electron chi connectivity index (χ4n) is 6.45. The molecule has 1 unspecified atom stereocenters. The highest BCUT2D eigenvalue weighted by Crippen LogP contribution is 2.14. The van der Waals surface area contributed by atoms with Crippen molar-refractivity contribution in [1.29, 1.82) is 0 Å². The number of ether oxygens (including phenoxy) is 3. The summed E-state index contributed by atoms with van der Waals surface area (Å²) in [7, 11) is 0. The molecule has 0 saturated heterocycles. The van der Waals surface area contributed by atoms with Crippen LogP contribution in [0.4, 0.5) is 0 Å². The Morgan fingerprint density at radius 2 is 0.679 bits per heavy atom. The predicted molar refractivity (Wildman–Crippen MR) is 238 cm³/mol. The zero-order chi connectivity index (χ0) is 40.8. The summed E-state index contributed by atoms with van der Waals surface area (Å²) in [6, 6.07) is 0. The Hall–Kier alpha value is -2.63. The molecule has 0 aliphatic carbocycles. The predicted octanol–water partition coefficient (Wildman–Crippen LogP) is 15.1. The molecule has 1 atom stereocenters. The summed E-state index contributed by atoms with van der Waals surface area (Å²) in [6.07, 6.45) is 52.5. The lowest BCUT2D eigenvalue weighted by atomic mass is 10.1. The van der Waals surface area contributed by atoms with E-state index in [1.165, 1.54) is 96.3 Å². The molecule has 0 heterocycles. The fraction of sp³-hybridized carbons (Fsp3) is 0.780. The van der Waals surface area contributed by atoms with Crippen molar-refractivity contribution in [2.75, 3.05) is 13.2 Å². The van der Waals surface area contributed by atoms with E-state index in [2.05, 4.69) is 69.4 Å². The van der Waals surface area contributed by atoms with Gasteiger partial charge in [0.05, 0.1) is 0 Å². The number of esters is 3. The van der Waals surface area contributed by atoms with E-state index in [0.717, 1.165) is 96.3 Å². The molecule has 6 heteroatoms. The third-order valence-corrected chi connectivity index (χ3v) is 10.0. The molecule has 324 valence electrons. The van der Waals surface area contributed by atoms with E-state index in [0.29, 0.717) is 19.3 Å². The maximum atomic E-state index is 12.7. The lowest BCUT2D eigenvalue weighted by molar-refractivity contribution is -0.167. The van der Waals surface area contributed by atoms with Gasteiger partial charge in [0.25, 0.3) is 0 Å². The molecule has 6 nitrogen and oxygen atoms in total. The summed E-state index contributed by atoms with van der Waals surface area (Å²) in [5.41, 5.74) is 0. The molecule has 0 bridgehead atoms. The Morgan fingerprint density at radius 3 is 1.09 bits per heavy atom. The second-order valence-electron chi connectivity index (χ2n) is 15.7. The van der Waals surface area contributed by atoms with Crippen molar-refractivity contribution in [2.45, 2.75) is 239 Å². The number of rotatable bonds is 42. The van der Waals surface area contributed by atoms with Gasteiger partial charge in [-0.3, -0.25) is 14.4 Å². The first-order valence-electron chi connectivity index (χ1n) is 23.6. The van der Waals surface area contributed by atoms with Crippen molar-refractivity contribution in [3.05, 3.63) is 48.6 Å². The standard InChI is InChI=1S/C50H88O6/c1-4-7-10-13-16-18-20-22-23-24-25-26-27-29-30-32-34-37-40-43-49(52)55-46-47(45-54-48(51)42-39-36-15-12-9-6-3)56-50(53)44-41-38-35-33-31-28-21-19-17-14-11-8-5-2/h11,14,16,18-19,21-23,47H,4-10,12-13,15,17,20,24-46H2,1-3H3/b14-11-,18-16-,21-19-,23-22-. The van der Waals surface area contributed by atoms with Gasteiger partial charge in [0.1, 0.15) is 13.2 Å². The summed E-state index contributed by atoms with van der Waals surface area (Å²) in [5.74, 6) is -0.908. The second-order valence-corrected chi connectivity index (χ2v) is 15.7. The van der Waals surface area contributed by atoms with Crippen molar-refractivity contribution in [2.24, 2.45) is 0 Å². The van der Waals surface area contributed by atoms with Gasteiger partial charge in [-0.1, -0.05) is 185 Å². The SMILES string of the molecule is CCC/C=C\C/C=C\CCCCCCCC(=O)OC(COC(=O)CCCCCCCC)COC(=O)CCCCCCCCCCC/C=C\C/C=C\CCCCC. The number of carbonyl (C=O) groups is 3. The van der Waals surface area contributed by atoms with Crippen LogP contribution in [-0.4, -0.2) is 37.2 Å². The summed E-state index contributed by atoms with van der Waals surface area (Å²) in [4.78, 5) is 37.6. The maximum Gasteiger partial charge on any atom is 0.306 e. The number of hydrogen-bond acceptors (Lipinski definition) is 6. The molecule has 0 radical (unpaired) electrons. The molecule has 0 aliphatic rings. The van der Waals surface area contributed by atoms with Gasteiger partial charge in [-0.15, -0.1) is 0 Å². The van der Waals surface area contributed by atoms with Crippen LogP contribution in [0.15, 0.2) is 48.6 Å². The zero-order valence-electron chi connectivity index (χ0n) is 36.9. The van der Waals surface area contributed by atoms with Crippen LogP contribution in [0, 0.1) is 0 Å². The van der Waals surface area contributed by atoms with Gasteiger partial charge >= 0.3 is 17.9 Å². The Balaban J connectivity index is 4.23. The van der Waals surface area contributed by atoms with Gasteiger partial charge in [-0.05, 0) is 77.0 Å². The van der Waals surface area contributed by atoms with Crippen LogP contribution in [0.3, 0.4) is 0 Å². The Kier molecular flexibility index (Phi) is 43.0. The average Bonchev–Trinajstić information content (AvgIpc) is 3.19. The van der Waals surface area contributed by atoms with Gasteiger partial charge in [0, 0.05) is 19.3 Å². The molecule has 0 rings (SSSR count). The molecule has 0 amide bonds. The minimum absolute atomic E-state index is 0.0802. The lowest BCUT2D eigenvalue weighted by Gasteiger charge is -2.18. The third kappa shape index (κ3) is 42.5. The van der Waals surface area contributed by atoms with E-state index in [9.17, 15) is 14.4 Å². The Bertz CT molecular complexity index is 996. The normalized spacial score (nSPS) is 12.4. The number of unbranched alkanes of at least 4 members (excludes halogenated alkanes) is 23. The van der Waals surface area contributed by atoms with Crippen LogP contribution in [0.5, 0.6) is 0 Å². The fourth-order valence-corrected chi connectivity index (χ4v) is 6.45. The van der Waals surface area contributed by atoms with E-state index in [-0.39, 0.29) is 31.1 Å². The maximum absolute atomic E-state index is 12.7. The molecule has 0 saturated carbocycles. The average molecular weight is 785 g/mol. The smallest absolute Gasteiger partial charge is 0.306 e. The quantitative estimate of drug-likeness (QED) is 0.0265. The second kappa shape index (κ2) is 45.1. The van der Waals surface area contributed by atoms with Crippen molar-refractivity contribution in [3.63, 3.8) is 0 Å². The van der Waals surface area contributed by atoms with E-state index in [4.69, 9.17) is 14.2 Å². The lowest BCUT2D eigenvalue weighted by Crippen LogP contribution is -2.30. The van der Waals surface area contributed by atoms with Crippen LogP contribution < -0.4 is 0 Å². The monoisotopic (exact) mass is 785 g/mol. The van der Waals surface area contributed by atoms with Crippen molar-refractivity contribution in [3.8, 4) is 0 Å². The van der Waals surface area contributed by atoms with E-state index in [1.807, 2.05) is 0 Å². The first kappa shape index (κ1) is 53.4. The highest BCUT2D eigenvalue weighted by atomic mass is 16.6. The molecule has 0 aromatic heterocycles. The van der Waals surface area contributed by atoms with Crippen LogP contribution in [-0.2, 0) is 28.6 Å².